The van der Waals surface area contributed by atoms with Crippen molar-refractivity contribution in [1.82, 2.24) is 9.97 Å². The summed E-state index contributed by atoms with van der Waals surface area (Å²) in [6.07, 6.45) is 0. The van der Waals surface area contributed by atoms with Crippen LogP contribution < -0.4 is 11.3 Å². The van der Waals surface area contributed by atoms with Crippen molar-refractivity contribution in [2.45, 2.75) is 0 Å². The summed E-state index contributed by atoms with van der Waals surface area (Å²) in [5.74, 6) is -0.870. The molecule has 0 aliphatic heterocycles. The molecule has 0 atom stereocenters. The number of carbonyl (C=O) groups is 1. The first-order valence-corrected chi connectivity index (χ1v) is 5.38. The Morgan fingerprint density at radius 2 is 1.83 bits per heavy atom. The van der Waals surface area contributed by atoms with Gasteiger partial charge in [0.15, 0.2) is 5.82 Å². The fourth-order valence-electron chi connectivity index (χ4n) is 1.94. The highest BCUT2D eigenvalue weighted by Crippen LogP contribution is 2.18. The van der Waals surface area contributed by atoms with Crippen LogP contribution in [0.5, 0.6) is 0 Å². The molecular weight excluding hydrogens is 230 g/mol. The number of aromatic nitrogens is 2. The zero-order chi connectivity index (χ0) is 12.7. The van der Waals surface area contributed by atoms with E-state index in [1.165, 1.54) is 0 Å². The molecule has 0 radical (unpaired) electrons. The van der Waals surface area contributed by atoms with Gasteiger partial charge in [0.1, 0.15) is 0 Å². The molecule has 0 spiro atoms. The molecule has 3 N–H and O–H groups in total. The number of nitrogens with zero attached hydrogens (tertiary/aromatic N) is 1. The number of hydrogen-bond acceptors (Lipinski definition) is 3. The second-order valence-electron chi connectivity index (χ2n) is 4.00. The van der Waals surface area contributed by atoms with Gasteiger partial charge in [-0.15, -0.1) is 0 Å². The third kappa shape index (κ3) is 1.53. The molecule has 2 aromatic carbocycles. The highest BCUT2D eigenvalue weighted by atomic mass is 16.1. The third-order valence-electron chi connectivity index (χ3n) is 2.81. The minimum atomic E-state index is -0.748. The minimum Gasteiger partial charge on any atom is -0.363 e. The van der Waals surface area contributed by atoms with Crippen LogP contribution in [0.4, 0.5) is 0 Å². The molecule has 0 saturated heterocycles. The van der Waals surface area contributed by atoms with E-state index in [9.17, 15) is 9.59 Å². The quantitative estimate of drug-likeness (QED) is 0.625. The number of nitrogens with two attached hydrogens (primary N) is 1. The van der Waals surface area contributed by atoms with Gasteiger partial charge in [-0.1, -0.05) is 24.3 Å². The highest BCUT2D eigenvalue weighted by molar-refractivity contribution is 5.97. The van der Waals surface area contributed by atoms with Crippen molar-refractivity contribution in [3.05, 3.63) is 52.6 Å². The van der Waals surface area contributed by atoms with Crippen LogP contribution in [0.1, 0.15) is 10.6 Å². The minimum absolute atomic E-state index is 0.122. The Hall–Kier alpha value is -2.69. The topological polar surface area (TPSA) is 88.8 Å². The molecule has 3 rings (SSSR count). The number of benzene rings is 2. The van der Waals surface area contributed by atoms with E-state index in [1.807, 2.05) is 24.3 Å². The van der Waals surface area contributed by atoms with Gasteiger partial charge >= 0.3 is 0 Å². The van der Waals surface area contributed by atoms with Gasteiger partial charge in [-0.25, -0.2) is 4.98 Å². The van der Waals surface area contributed by atoms with Gasteiger partial charge in [0.25, 0.3) is 11.5 Å². The first kappa shape index (κ1) is 10.5. The van der Waals surface area contributed by atoms with Gasteiger partial charge < -0.3 is 10.7 Å². The number of carbonyl (C=O) groups excluding carboxylic acids is 1. The number of fused-ring (bicyclic) bond motifs is 2. The summed E-state index contributed by atoms with van der Waals surface area (Å²) in [4.78, 5) is 29.3. The molecule has 18 heavy (non-hydrogen) atoms. The largest absolute Gasteiger partial charge is 0.363 e. The number of nitrogens with one attached hydrogen (secondary N) is 1. The molecule has 0 aliphatic carbocycles. The average molecular weight is 239 g/mol. The summed E-state index contributed by atoms with van der Waals surface area (Å²) < 4.78 is 0. The van der Waals surface area contributed by atoms with Crippen molar-refractivity contribution in [1.29, 1.82) is 0 Å². The number of H-pyrrole nitrogens is 1. The third-order valence-corrected chi connectivity index (χ3v) is 2.81. The zero-order valence-corrected chi connectivity index (χ0v) is 9.31. The maximum atomic E-state index is 11.8. The van der Waals surface area contributed by atoms with Crippen LogP contribution in [0.25, 0.3) is 21.7 Å². The summed E-state index contributed by atoms with van der Waals surface area (Å²) in [6, 6.07) is 11.1. The van der Waals surface area contributed by atoms with Crippen LogP contribution in [0.15, 0.2) is 41.2 Å². The second kappa shape index (κ2) is 3.66. The molecule has 3 aromatic rings. The van der Waals surface area contributed by atoms with Gasteiger partial charge in [0.05, 0.1) is 10.9 Å². The fraction of sp³-hybridized carbons (Fsp3) is 0. The van der Waals surface area contributed by atoms with Crippen LogP contribution in [0, 0.1) is 0 Å². The normalized spacial score (nSPS) is 10.9. The Morgan fingerprint density at radius 1 is 1.17 bits per heavy atom. The molecule has 1 heterocycles. The number of rotatable bonds is 1. The second-order valence-corrected chi connectivity index (χ2v) is 4.00. The molecule has 1 aromatic heterocycles. The van der Waals surface area contributed by atoms with Gasteiger partial charge in [-0.05, 0) is 22.9 Å². The van der Waals surface area contributed by atoms with E-state index in [1.54, 1.807) is 12.1 Å². The highest BCUT2D eigenvalue weighted by Gasteiger charge is 2.08. The van der Waals surface area contributed by atoms with E-state index < -0.39 is 5.91 Å². The Bertz CT molecular complexity index is 836. The van der Waals surface area contributed by atoms with Gasteiger partial charge in [0.2, 0.25) is 0 Å². The zero-order valence-electron chi connectivity index (χ0n) is 9.31. The van der Waals surface area contributed by atoms with E-state index in [0.717, 1.165) is 10.8 Å². The summed E-state index contributed by atoms with van der Waals surface area (Å²) in [5, 5.41) is 2.35. The molecule has 5 heteroatoms. The predicted molar refractivity (Wildman–Crippen MR) is 68.4 cm³/mol. The van der Waals surface area contributed by atoms with Crippen molar-refractivity contribution >= 4 is 27.6 Å². The van der Waals surface area contributed by atoms with Crippen LogP contribution in [0.2, 0.25) is 0 Å². The van der Waals surface area contributed by atoms with E-state index in [2.05, 4.69) is 9.97 Å². The molecule has 5 nitrogen and oxygen atoms in total. The van der Waals surface area contributed by atoms with Gasteiger partial charge in [-0.3, -0.25) is 9.59 Å². The Balaban J connectivity index is 2.46. The van der Waals surface area contributed by atoms with E-state index in [4.69, 9.17) is 5.73 Å². The lowest BCUT2D eigenvalue weighted by Crippen LogP contribution is -2.21. The maximum absolute atomic E-state index is 11.8. The van der Waals surface area contributed by atoms with Crippen molar-refractivity contribution in [2.75, 3.05) is 0 Å². The smallest absolute Gasteiger partial charge is 0.284 e. The molecule has 88 valence electrons. The van der Waals surface area contributed by atoms with Crippen LogP contribution in [-0.4, -0.2) is 15.9 Å². The van der Waals surface area contributed by atoms with Crippen molar-refractivity contribution < 1.29 is 4.79 Å². The standard InChI is InChI=1S/C13H9N3O2/c14-11(17)12-15-10-6-8-4-2-1-3-7(8)5-9(10)13(18)16-12/h1-6H,(H2,14,17)(H,15,16,18). The van der Waals surface area contributed by atoms with Crippen molar-refractivity contribution in [3.8, 4) is 0 Å². The van der Waals surface area contributed by atoms with Gasteiger partial charge in [-0.2, -0.15) is 0 Å². The molecular formula is C13H9N3O2. The van der Waals surface area contributed by atoms with E-state index >= 15 is 0 Å². The lowest BCUT2D eigenvalue weighted by Gasteiger charge is -2.02. The lowest BCUT2D eigenvalue weighted by atomic mass is 10.1. The summed E-state index contributed by atoms with van der Waals surface area (Å²) in [7, 11) is 0. The molecule has 1 amide bonds. The molecule has 0 saturated carbocycles. The van der Waals surface area contributed by atoms with Gasteiger partial charge in [0, 0.05) is 0 Å². The first-order valence-electron chi connectivity index (χ1n) is 5.38. The first-order chi connectivity index (χ1) is 8.65. The number of amides is 1. The summed E-state index contributed by atoms with van der Waals surface area (Å²) in [5.41, 5.74) is 5.22. The molecule has 0 unspecified atom stereocenters. The Morgan fingerprint density at radius 3 is 2.50 bits per heavy atom. The summed E-state index contributed by atoms with van der Waals surface area (Å²) >= 11 is 0. The Kier molecular flexibility index (Phi) is 2.13. The fourth-order valence-corrected chi connectivity index (χ4v) is 1.94. The van der Waals surface area contributed by atoms with E-state index in [0.29, 0.717) is 10.9 Å². The van der Waals surface area contributed by atoms with Crippen LogP contribution in [0.3, 0.4) is 0 Å². The van der Waals surface area contributed by atoms with Crippen LogP contribution in [-0.2, 0) is 0 Å². The lowest BCUT2D eigenvalue weighted by molar-refractivity contribution is 0.0990. The molecule has 0 bridgehead atoms. The predicted octanol–water partition coefficient (Wildman–Crippen LogP) is 1.18. The van der Waals surface area contributed by atoms with Crippen molar-refractivity contribution in [3.63, 3.8) is 0 Å². The van der Waals surface area contributed by atoms with E-state index in [-0.39, 0.29) is 11.4 Å². The number of hydrogen-bond donors (Lipinski definition) is 2. The Labute approximate surface area is 101 Å². The monoisotopic (exact) mass is 239 g/mol. The molecule has 0 aliphatic rings. The average Bonchev–Trinajstić information content (AvgIpc) is 2.36. The van der Waals surface area contributed by atoms with Crippen LogP contribution >= 0.6 is 0 Å². The number of primary amides is 1. The maximum Gasteiger partial charge on any atom is 0.284 e. The SMILES string of the molecule is NC(=O)c1nc2cc3ccccc3cc2c(=O)[nH]1. The van der Waals surface area contributed by atoms with Crippen molar-refractivity contribution in [2.24, 2.45) is 5.73 Å². The number of aromatic amines is 1. The molecule has 0 fully saturated rings. The summed E-state index contributed by atoms with van der Waals surface area (Å²) in [6.45, 7) is 0.